The van der Waals surface area contributed by atoms with Crippen molar-refractivity contribution in [3.8, 4) is 11.5 Å². The third-order valence-corrected chi connectivity index (χ3v) is 2.95. The average molecular weight is 262 g/mol. The molecule has 0 bridgehead atoms. The van der Waals surface area contributed by atoms with Gasteiger partial charge in [-0.05, 0) is 42.2 Å². The van der Waals surface area contributed by atoms with Crippen molar-refractivity contribution >= 4 is 12.4 Å². The molecule has 1 aromatic rings. The van der Waals surface area contributed by atoms with Crippen LogP contribution in [0.3, 0.4) is 0 Å². The second-order valence-electron chi connectivity index (χ2n) is 4.44. The highest BCUT2D eigenvalue weighted by Crippen LogP contribution is 2.24. The van der Waals surface area contributed by atoms with Crippen molar-refractivity contribution in [2.24, 2.45) is 0 Å². The van der Waals surface area contributed by atoms with Crippen LogP contribution in [0.4, 0.5) is 0 Å². The van der Waals surface area contributed by atoms with E-state index in [1.54, 1.807) is 14.2 Å². The number of carbonyl (C=O) groups is 1. The van der Waals surface area contributed by atoms with E-state index >= 15 is 0 Å². The van der Waals surface area contributed by atoms with Crippen LogP contribution in [0.2, 0.25) is 0 Å². The van der Waals surface area contributed by atoms with Gasteiger partial charge in [0.1, 0.15) is 17.8 Å². The van der Waals surface area contributed by atoms with Gasteiger partial charge in [0.25, 0.3) is 0 Å². The summed E-state index contributed by atoms with van der Waals surface area (Å²) in [5, 5.41) is 0. The van der Waals surface area contributed by atoms with Crippen LogP contribution in [0.25, 0.3) is 6.08 Å². The SMILES string of the molecule is CCCCCC(C=O)=Cc1cc(OC)cc(OC)c1. The normalized spacial score (nSPS) is 11.2. The number of aldehydes is 1. The molecule has 0 unspecified atom stereocenters. The van der Waals surface area contributed by atoms with Gasteiger partial charge in [0.15, 0.2) is 0 Å². The van der Waals surface area contributed by atoms with E-state index in [0.29, 0.717) is 0 Å². The summed E-state index contributed by atoms with van der Waals surface area (Å²) < 4.78 is 10.4. The van der Waals surface area contributed by atoms with Gasteiger partial charge in [0.2, 0.25) is 0 Å². The number of allylic oxidation sites excluding steroid dienone is 1. The van der Waals surface area contributed by atoms with Crippen LogP contribution in [0, 0.1) is 0 Å². The summed E-state index contributed by atoms with van der Waals surface area (Å²) in [4.78, 5) is 11.1. The monoisotopic (exact) mass is 262 g/mol. The van der Waals surface area contributed by atoms with Gasteiger partial charge < -0.3 is 9.47 Å². The largest absolute Gasteiger partial charge is 0.497 e. The van der Waals surface area contributed by atoms with Crippen molar-refractivity contribution in [2.75, 3.05) is 14.2 Å². The van der Waals surface area contributed by atoms with Crippen LogP contribution in [0.5, 0.6) is 11.5 Å². The summed E-state index contributed by atoms with van der Waals surface area (Å²) in [7, 11) is 3.23. The highest BCUT2D eigenvalue weighted by Gasteiger charge is 2.02. The molecule has 0 aliphatic rings. The van der Waals surface area contributed by atoms with E-state index in [9.17, 15) is 4.79 Å². The number of rotatable bonds is 8. The molecule has 0 N–H and O–H groups in total. The fourth-order valence-electron chi connectivity index (χ4n) is 1.87. The molecule has 104 valence electrons. The zero-order valence-electron chi connectivity index (χ0n) is 11.9. The minimum absolute atomic E-state index is 0.726. The molecule has 0 aliphatic carbocycles. The predicted molar refractivity (Wildman–Crippen MR) is 77.7 cm³/mol. The van der Waals surface area contributed by atoms with Crippen LogP contribution in [-0.2, 0) is 4.79 Å². The third kappa shape index (κ3) is 5.16. The molecule has 0 heterocycles. The van der Waals surface area contributed by atoms with Crippen LogP contribution in [0.1, 0.15) is 38.2 Å². The van der Waals surface area contributed by atoms with Crippen molar-refractivity contribution < 1.29 is 14.3 Å². The highest BCUT2D eigenvalue weighted by molar-refractivity contribution is 5.81. The molecule has 0 fully saturated rings. The summed E-state index contributed by atoms with van der Waals surface area (Å²) in [6.45, 7) is 2.15. The molecule has 3 heteroatoms. The maximum absolute atomic E-state index is 11.1. The smallest absolute Gasteiger partial charge is 0.146 e. The van der Waals surface area contributed by atoms with Gasteiger partial charge in [-0.15, -0.1) is 0 Å². The van der Waals surface area contributed by atoms with Crippen molar-refractivity contribution in [1.82, 2.24) is 0 Å². The van der Waals surface area contributed by atoms with E-state index < -0.39 is 0 Å². The van der Waals surface area contributed by atoms with Crippen molar-refractivity contribution in [3.05, 3.63) is 29.3 Å². The van der Waals surface area contributed by atoms with Gasteiger partial charge in [-0.2, -0.15) is 0 Å². The maximum atomic E-state index is 11.1. The van der Waals surface area contributed by atoms with E-state index in [4.69, 9.17) is 9.47 Å². The molecule has 0 radical (unpaired) electrons. The highest BCUT2D eigenvalue weighted by atomic mass is 16.5. The van der Waals surface area contributed by atoms with Crippen LogP contribution in [-0.4, -0.2) is 20.5 Å². The minimum atomic E-state index is 0.726. The molecule has 0 atom stereocenters. The standard InChI is InChI=1S/C16H22O3/c1-4-5-6-7-13(12-17)8-14-9-15(18-2)11-16(10-14)19-3/h8-12H,4-7H2,1-3H3. The topological polar surface area (TPSA) is 35.5 Å². The molecule has 0 saturated carbocycles. The van der Waals surface area contributed by atoms with Gasteiger partial charge >= 0.3 is 0 Å². The molecule has 0 aromatic heterocycles. The van der Waals surface area contributed by atoms with Crippen LogP contribution >= 0.6 is 0 Å². The summed E-state index contributed by atoms with van der Waals surface area (Å²) >= 11 is 0. The molecule has 3 nitrogen and oxygen atoms in total. The lowest BCUT2D eigenvalue weighted by atomic mass is 10.0. The Bertz CT molecular complexity index is 413. The fourth-order valence-corrected chi connectivity index (χ4v) is 1.87. The molecular weight excluding hydrogens is 240 g/mol. The number of hydrogen-bond acceptors (Lipinski definition) is 3. The first-order valence-corrected chi connectivity index (χ1v) is 6.62. The number of carbonyl (C=O) groups excluding carboxylic acids is 1. The number of unbranched alkanes of at least 4 members (excludes halogenated alkanes) is 2. The van der Waals surface area contributed by atoms with E-state index in [1.165, 1.54) is 0 Å². The van der Waals surface area contributed by atoms with Gasteiger partial charge in [-0.25, -0.2) is 0 Å². The molecule has 1 aromatic carbocycles. The summed E-state index contributed by atoms with van der Waals surface area (Å²) in [6, 6.07) is 5.60. The predicted octanol–water partition coefficient (Wildman–Crippen LogP) is 3.87. The Labute approximate surface area is 115 Å². The molecule has 1 rings (SSSR count). The molecule has 19 heavy (non-hydrogen) atoms. The zero-order chi connectivity index (χ0) is 14.1. The Morgan fingerprint density at radius 2 is 1.74 bits per heavy atom. The van der Waals surface area contributed by atoms with Crippen molar-refractivity contribution in [1.29, 1.82) is 0 Å². The van der Waals surface area contributed by atoms with Crippen molar-refractivity contribution in [2.45, 2.75) is 32.6 Å². The first-order valence-electron chi connectivity index (χ1n) is 6.62. The number of hydrogen-bond donors (Lipinski definition) is 0. The number of ether oxygens (including phenoxy) is 2. The quantitative estimate of drug-likeness (QED) is 0.405. The summed E-state index contributed by atoms with van der Waals surface area (Å²) in [6.07, 6.45) is 6.99. The Morgan fingerprint density at radius 1 is 1.11 bits per heavy atom. The van der Waals surface area contributed by atoms with E-state index in [2.05, 4.69) is 6.92 Å². The van der Waals surface area contributed by atoms with Gasteiger partial charge in [-0.1, -0.05) is 19.8 Å². The lowest BCUT2D eigenvalue weighted by Crippen LogP contribution is -1.90. The Morgan fingerprint density at radius 3 is 2.21 bits per heavy atom. The fraction of sp³-hybridized carbons (Fsp3) is 0.438. The van der Waals surface area contributed by atoms with Crippen LogP contribution in [0.15, 0.2) is 23.8 Å². The molecule has 0 aliphatic heterocycles. The number of benzene rings is 1. The van der Waals surface area contributed by atoms with E-state index in [-0.39, 0.29) is 0 Å². The van der Waals surface area contributed by atoms with Gasteiger partial charge in [0.05, 0.1) is 14.2 Å². The second kappa shape index (κ2) is 8.35. The van der Waals surface area contributed by atoms with E-state index in [0.717, 1.165) is 54.6 Å². The third-order valence-electron chi connectivity index (χ3n) is 2.95. The Kier molecular flexibility index (Phi) is 6.72. The first-order chi connectivity index (χ1) is 9.23. The average Bonchev–Trinajstić information content (AvgIpc) is 2.45. The molecule has 0 spiro atoms. The van der Waals surface area contributed by atoms with Crippen LogP contribution < -0.4 is 9.47 Å². The van der Waals surface area contributed by atoms with Gasteiger partial charge in [0, 0.05) is 6.07 Å². The van der Waals surface area contributed by atoms with Gasteiger partial charge in [-0.3, -0.25) is 4.79 Å². The first kappa shape index (κ1) is 15.3. The number of methoxy groups -OCH3 is 2. The lowest BCUT2D eigenvalue weighted by Gasteiger charge is -2.07. The van der Waals surface area contributed by atoms with E-state index in [1.807, 2.05) is 24.3 Å². The molecule has 0 saturated heterocycles. The molecular formula is C16H22O3. The summed E-state index contributed by atoms with van der Waals surface area (Å²) in [5.74, 6) is 1.45. The zero-order valence-corrected chi connectivity index (χ0v) is 11.9. The maximum Gasteiger partial charge on any atom is 0.146 e. The molecule has 0 amide bonds. The second-order valence-corrected chi connectivity index (χ2v) is 4.44. The summed E-state index contributed by atoms with van der Waals surface area (Å²) in [5.41, 5.74) is 1.73. The van der Waals surface area contributed by atoms with Crippen molar-refractivity contribution in [3.63, 3.8) is 0 Å². The minimum Gasteiger partial charge on any atom is -0.497 e. The Balaban J connectivity index is 2.90. The Hall–Kier alpha value is -1.77. The lowest BCUT2D eigenvalue weighted by molar-refractivity contribution is -0.105.